The lowest BCUT2D eigenvalue weighted by Gasteiger charge is -2.12. The largest absolute Gasteiger partial charge is 0.369 e. The number of hydrogen-bond donors (Lipinski definition) is 3. The molecule has 8 heteroatoms. The normalized spacial score (nSPS) is 18.2. The number of nitro groups is 1. The van der Waals surface area contributed by atoms with Gasteiger partial charge in [-0.15, -0.1) is 0 Å². The van der Waals surface area contributed by atoms with E-state index < -0.39 is 10.8 Å². The van der Waals surface area contributed by atoms with Crippen molar-refractivity contribution < 1.29 is 9.72 Å². The summed E-state index contributed by atoms with van der Waals surface area (Å²) in [5.41, 5.74) is 5.01. The second-order valence-corrected chi connectivity index (χ2v) is 4.45. The minimum absolute atomic E-state index is 0.0418. The van der Waals surface area contributed by atoms with E-state index in [-0.39, 0.29) is 11.3 Å². The van der Waals surface area contributed by atoms with E-state index in [1.165, 1.54) is 0 Å². The molecular weight excluding hydrogens is 250 g/mol. The van der Waals surface area contributed by atoms with Crippen molar-refractivity contribution >= 4 is 17.4 Å². The number of nitrogens with two attached hydrogens (primary N) is 1. The molecular formula is C11H15N5O3. The van der Waals surface area contributed by atoms with Crippen LogP contribution in [-0.2, 0) is 0 Å². The Labute approximate surface area is 109 Å². The van der Waals surface area contributed by atoms with Crippen molar-refractivity contribution in [3.63, 3.8) is 0 Å². The third-order valence-electron chi connectivity index (χ3n) is 3.07. The van der Waals surface area contributed by atoms with E-state index in [1.54, 1.807) is 0 Å². The summed E-state index contributed by atoms with van der Waals surface area (Å²) >= 11 is 0. The third kappa shape index (κ3) is 3.16. The first-order valence-electron chi connectivity index (χ1n) is 5.96. The molecule has 102 valence electrons. The molecule has 0 bridgehead atoms. The van der Waals surface area contributed by atoms with Gasteiger partial charge in [-0.05, 0) is 25.4 Å². The van der Waals surface area contributed by atoms with Gasteiger partial charge < -0.3 is 16.4 Å². The second-order valence-electron chi connectivity index (χ2n) is 4.45. The van der Waals surface area contributed by atoms with Crippen molar-refractivity contribution in [1.29, 1.82) is 0 Å². The number of nitrogens with one attached hydrogen (secondary N) is 2. The van der Waals surface area contributed by atoms with Gasteiger partial charge in [-0.2, -0.15) is 0 Å². The van der Waals surface area contributed by atoms with Gasteiger partial charge in [-0.25, -0.2) is 4.98 Å². The number of anilines is 1. The van der Waals surface area contributed by atoms with Crippen molar-refractivity contribution in [2.24, 2.45) is 11.7 Å². The highest BCUT2D eigenvalue weighted by Gasteiger charge is 2.18. The molecule has 1 aromatic rings. The van der Waals surface area contributed by atoms with Crippen LogP contribution in [0.25, 0.3) is 0 Å². The molecule has 1 saturated heterocycles. The van der Waals surface area contributed by atoms with Crippen LogP contribution in [0.3, 0.4) is 0 Å². The SMILES string of the molecule is NC(=O)c1cc([N+](=O)[O-])cnc1NCC1CCNC1. The fraction of sp³-hybridized carbons (Fsp3) is 0.455. The molecule has 0 radical (unpaired) electrons. The maximum Gasteiger partial charge on any atom is 0.288 e. The topological polar surface area (TPSA) is 123 Å². The maximum absolute atomic E-state index is 11.3. The molecule has 0 aromatic carbocycles. The summed E-state index contributed by atoms with van der Waals surface area (Å²) in [6, 6.07) is 1.14. The minimum Gasteiger partial charge on any atom is -0.369 e. The zero-order valence-corrected chi connectivity index (χ0v) is 10.3. The van der Waals surface area contributed by atoms with Crippen LogP contribution >= 0.6 is 0 Å². The molecule has 2 heterocycles. The first-order valence-corrected chi connectivity index (χ1v) is 5.96. The van der Waals surface area contributed by atoms with E-state index in [9.17, 15) is 14.9 Å². The summed E-state index contributed by atoms with van der Waals surface area (Å²) in [4.78, 5) is 25.2. The Hall–Kier alpha value is -2.22. The number of amides is 1. The van der Waals surface area contributed by atoms with Crippen LogP contribution in [-0.4, -0.2) is 35.4 Å². The third-order valence-corrected chi connectivity index (χ3v) is 3.07. The lowest BCUT2D eigenvalue weighted by atomic mass is 10.1. The molecule has 1 aromatic heterocycles. The molecule has 8 nitrogen and oxygen atoms in total. The Kier molecular flexibility index (Phi) is 3.91. The van der Waals surface area contributed by atoms with Gasteiger partial charge in [0.1, 0.15) is 12.0 Å². The Balaban J connectivity index is 2.14. The van der Waals surface area contributed by atoms with Gasteiger partial charge in [-0.3, -0.25) is 14.9 Å². The number of aromatic nitrogens is 1. The molecule has 19 heavy (non-hydrogen) atoms. The molecule has 0 aliphatic carbocycles. The second kappa shape index (κ2) is 5.61. The number of hydrogen-bond acceptors (Lipinski definition) is 6. The lowest BCUT2D eigenvalue weighted by Crippen LogP contribution is -2.21. The predicted octanol–water partition coefficient (Wildman–Crippen LogP) is 0.110. The standard InChI is InChI=1S/C11H15N5O3/c12-10(17)9-3-8(16(18)19)6-15-11(9)14-5-7-1-2-13-4-7/h3,6-7,13H,1-2,4-5H2,(H2,12,17)(H,14,15). The van der Waals surface area contributed by atoms with Crippen LogP contribution in [0.5, 0.6) is 0 Å². The van der Waals surface area contributed by atoms with Gasteiger partial charge in [0.25, 0.3) is 11.6 Å². The van der Waals surface area contributed by atoms with Gasteiger partial charge in [0.05, 0.1) is 10.5 Å². The van der Waals surface area contributed by atoms with Crippen LogP contribution < -0.4 is 16.4 Å². The first kappa shape index (κ1) is 13.2. The van der Waals surface area contributed by atoms with E-state index in [2.05, 4.69) is 15.6 Å². The fourth-order valence-corrected chi connectivity index (χ4v) is 2.01. The first-order chi connectivity index (χ1) is 9.08. The summed E-state index contributed by atoms with van der Waals surface area (Å²) in [6.45, 7) is 2.53. The number of carbonyl (C=O) groups is 1. The van der Waals surface area contributed by atoms with Crippen molar-refractivity contribution in [2.75, 3.05) is 25.0 Å². The lowest BCUT2D eigenvalue weighted by molar-refractivity contribution is -0.385. The van der Waals surface area contributed by atoms with E-state index in [4.69, 9.17) is 5.73 Å². The molecule has 1 fully saturated rings. The highest BCUT2D eigenvalue weighted by atomic mass is 16.6. The van der Waals surface area contributed by atoms with Crippen LogP contribution in [0, 0.1) is 16.0 Å². The Bertz CT molecular complexity index is 499. The number of rotatable bonds is 5. The zero-order chi connectivity index (χ0) is 13.8. The summed E-state index contributed by atoms with van der Waals surface area (Å²) in [5, 5.41) is 16.9. The summed E-state index contributed by atoms with van der Waals surface area (Å²) in [6.07, 6.45) is 2.16. The minimum atomic E-state index is -0.733. The fourth-order valence-electron chi connectivity index (χ4n) is 2.01. The summed E-state index contributed by atoms with van der Waals surface area (Å²) in [5.74, 6) is 0.0194. The van der Waals surface area contributed by atoms with Gasteiger partial charge in [0, 0.05) is 12.6 Å². The molecule has 1 aliphatic heterocycles. The molecule has 1 atom stereocenters. The van der Waals surface area contributed by atoms with E-state index in [0.29, 0.717) is 18.3 Å². The zero-order valence-electron chi connectivity index (χ0n) is 10.3. The van der Waals surface area contributed by atoms with Crippen LogP contribution in [0.15, 0.2) is 12.3 Å². The molecule has 4 N–H and O–H groups in total. The van der Waals surface area contributed by atoms with Gasteiger partial charge in [0.15, 0.2) is 0 Å². The van der Waals surface area contributed by atoms with Crippen LogP contribution in [0.2, 0.25) is 0 Å². The van der Waals surface area contributed by atoms with E-state index in [0.717, 1.165) is 31.8 Å². The predicted molar refractivity (Wildman–Crippen MR) is 68.9 cm³/mol. The molecule has 1 aliphatic rings. The average Bonchev–Trinajstić information content (AvgIpc) is 2.89. The van der Waals surface area contributed by atoms with Crippen molar-refractivity contribution in [3.8, 4) is 0 Å². The van der Waals surface area contributed by atoms with E-state index >= 15 is 0 Å². The Morgan fingerprint density at radius 2 is 2.47 bits per heavy atom. The van der Waals surface area contributed by atoms with Crippen LogP contribution in [0.4, 0.5) is 11.5 Å². The Morgan fingerprint density at radius 3 is 3.05 bits per heavy atom. The molecule has 2 rings (SSSR count). The summed E-state index contributed by atoms with van der Waals surface area (Å²) in [7, 11) is 0. The van der Waals surface area contributed by atoms with Crippen molar-refractivity contribution in [1.82, 2.24) is 10.3 Å². The molecule has 0 spiro atoms. The van der Waals surface area contributed by atoms with Gasteiger partial charge in [-0.1, -0.05) is 0 Å². The number of pyridine rings is 1. The Morgan fingerprint density at radius 1 is 1.68 bits per heavy atom. The van der Waals surface area contributed by atoms with Gasteiger partial charge in [0.2, 0.25) is 0 Å². The molecule has 1 amide bonds. The number of primary amides is 1. The highest BCUT2D eigenvalue weighted by molar-refractivity contribution is 5.98. The molecule has 1 unspecified atom stereocenters. The summed E-state index contributed by atoms with van der Waals surface area (Å²) < 4.78 is 0. The smallest absolute Gasteiger partial charge is 0.288 e. The number of carbonyl (C=O) groups excluding carboxylic acids is 1. The average molecular weight is 265 g/mol. The highest BCUT2D eigenvalue weighted by Crippen LogP contribution is 2.19. The van der Waals surface area contributed by atoms with Crippen molar-refractivity contribution in [3.05, 3.63) is 27.9 Å². The maximum atomic E-state index is 11.3. The quantitative estimate of drug-likeness (QED) is 0.513. The van der Waals surface area contributed by atoms with Gasteiger partial charge >= 0.3 is 0 Å². The van der Waals surface area contributed by atoms with E-state index in [1.807, 2.05) is 0 Å². The van der Waals surface area contributed by atoms with Crippen molar-refractivity contribution in [2.45, 2.75) is 6.42 Å². The number of nitrogens with zero attached hydrogens (tertiary/aromatic N) is 2. The molecule has 0 saturated carbocycles. The monoisotopic (exact) mass is 265 g/mol. The van der Waals surface area contributed by atoms with Crippen LogP contribution in [0.1, 0.15) is 16.8 Å².